The number of ketones is 1. The average Bonchev–Trinajstić information content (AvgIpc) is 2.21. The van der Waals surface area contributed by atoms with Crippen molar-refractivity contribution >= 4 is 5.78 Å². The molecule has 0 spiro atoms. The first-order valence-electron chi connectivity index (χ1n) is 5.02. The van der Waals surface area contributed by atoms with Crippen LogP contribution in [0.4, 0.5) is 8.78 Å². The molecule has 0 saturated carbocycles. The number of hydrogen-bond acceptors (Lipinski definition) is 1. The lowest BCUT2D eigenvalue weighted by atomic mass is 9.98. The molecule has 1 atom stereocenters. The summed E-state index contributed by atoms with van der Waals surface area (Å²) in [6.07, 6.45) is 1.27. The van der Waals surface area contributed by atoms with E-state index in [-0.39, 0.29) is 17.3 Å². The van der Waals surface area contributed by atoms with Crippen molar-refractivity contribution in [2.45, 2.75) is 26.7 Å². The molecule has 0 aliphatic carbocycles. The van der Waals surface area contributed by atoms with Crippen LogP contribution in [0.1, 0.15) is 37.0 Å². The predicted molar refractivity (Wildman–Crippen MR) is 54.8 cm³/mol. The van der Waals surface area contributed by atoms with E-state index in [0.29, 0.717) is 6.42 Å². The Morgan fingerprint density at radius 1 is 1.33 bits per heavy atom. The summed E-state index contributed by atoms with van der Waals surface area (Å²) in [6, 6.07) is 3.27. The Morgan fingerprint density at radius 3 is 2.53 bits per heavy atom. The summed E-state index contributed by atoms with van der Waals surface area (Å²) in [7, 11) is 0. The van der Waals surface area contributed by atoms with Gasteiger partial charge in [0.25, 0.3) is 0 Å². The van der Waals surface area contributed by atoms with Crippen LogP contribution in [-0.4, -0.2) is 5.78 Å². The number of halogens is 2. The second-order valence-electron chi connectivity index (χ2n) is 3.77. The number of benzene rings is 1. The molecule has 0 bridgehead atoms. The maximum absolute atomic E-state index is 12.8. The van der Waals surface area contributed by atoms with Crippen LogP contribution in [0.2, 0.25) is 0 Å². The fourth-order valence-electron chi connectivity index (χ4n) is 1.25. The van der Waals surface area contributed by atoms with Gasteiger partial charge in [-0.15, -0.1) is 0 Å². The minimum absolute atomic E-state index is 0.136. The van der Waals surface area contributed by atoms with Crippen molar-refractivity contribution in [2.75, 3.05) is 0 Å². The van der Waals surface area contributed by atoms with E-state index in [9.17, 15) is 13.6 Å². The topological polar surface area (TPSA) is 17.1 Å². The highest BCUT2D eigenvalue weighted by Gasteiger charge is 2.12. The summed E-state index contributed by atoms with van der Waals surface area (Å²) in [6.45, 7) is 3.95. The average molecular weight is 212 g/mol. The Morgan fingerprint density at radius 2 is 2.00 bits per heavy atom. The third-order valence-corrected chi connectivity index (χ3v) is 2.47. The summed E-state index contributed by atoms with van der Waals surface area (Å²) in [5.74, 6) is -1.76. The maximum Gasteiger partial charge on any atom is 0.163 e. The molecule has 0 saturated heterocycles. The summed E-state index contributed by atoms with van der Waals surface area (Å²) >= 11 is 0. The van der Waals surface area contributed by atoms with Crippen molar-refractivity contribution in [3.63, 3.8) is 0 Å². The van der Waals surface area contributed by atoms with E-state index in [1.54, 1.807) is 0 Å². The van der Waals surface area contributed by atoms with Gasteiger partial charge in [-0.3, -0.25) is 4.79 Å². The molecule has 1 nitrogen and oxygen atoms in total. The molecule has 82 valence electrons. The van der Waals surface area contributed by atoms with Gasteiger partial charge in [0.15, 0.2) is 17.4 Å². The molecule has 1 rings (SSSR count). The van der Waals surface area contributed by atoms with Crippen molar-refractivity contribution in [1.82, 2.24) is 0 Å². The van der Waals surface area contributed by atoms with Gasteiger partial charge >= 0.3 is 0 Å². The van der Waals surface area contributed by atoms with Crippen LogP contribution in [0, 0.1) is 17.6 Å². The zero-order valence-electron chi connectivity index (χ0n) is 8.89. The molecule has 1 aromatic carbocycles. The fourth-order valence-corrected chi connectivity index (χ4v) is 1.25. The monoisotopic (exact) mass is 212 g/mol. The second-order valence-corrected chi connectivity index (χ2v) is 3.77. The third-order valence-electron chi connectivity index (χ3n) is 2.47. The molecule has 0 N–H and O–H groups in total. The third kappa shape index (κ3) is 3.11. The lowest BCUT2D eigenvalue weighted by Crippen LogP contribution is -2.06. The summed E-state index contributed by atoms with van der Waals surface area (Å²) in [5, 5.41) is 0. The largest absolute Gasteiger partial charge is 0.294 e. The molecule has 0 heterocycles. The Kier molecular flexibility index (Phi) is 3.95. The van der Waals surface area contributed by atoms with Gasteiger partial charge in [0, 0.05) is 12.0 Å². The first-order chi connectivity index (χ1) is 7.04. The molecule has 0 aromatic heterocycles. The van der Waals surface area contributed by atoms with Crippen LogP contribution >= 0.6 is 0 Å². The number of Topliss-reactive ketones (excluding diaryl/α,β-unsaturated/α-hetero) is 1. The zero-order chi connectivity index (χ0) is 11.4. The Hall–Kier alpha value is -1.25. The first-order valence-corrected chi connectivity index (χ1v) is 5.02. The van der Waals surface area contributed by atoms with Crippen LogP contribution in [0.15, 0.2) is 18.2 Å². The minimum Gasteiger partial charge on any atom is -0.294 e. The summed E-state index contributed by atoms with van der Waals surface area (Å²) in [4.78, 5) is 11.6. The second kappa shape index (κ2) is 5.01. The van der Waals surface area contributed by atoms with Gasteiger partial charge in [0.2, 0.25) is 0 Å². The van der Waals surface area contributed by atoms with Crippen LogP contribution in [0.25, 0.3) is 0 Å². The number of carbonyl (C=O) groups excluding carboxylic acids is 1. The number of carbonyl (C=O) groups is 1. The summed E-state index contributed by atoms with van der Waals surface area (Å²) in [5.41, 5.74) is 0.245. The molecule has 1 unspecified atom stereocenters. The van der Waals surface area contributed by atoms with Gasteiger partial charge in [0.1, 0.15) is 0 Å². The van der Waals surface area contributed by atoms with Crippen molar-refractivity contribution in [2.24, 2.45) is 5.92 Å². The van der Waals surface area contributed by atoms with Crippen molar-refractivity contribution in [1.29, 1.82) is 0 Å². The maximum atomic E-state index is 12.8. The molecule has 0 radical (unpaired) electrons. The van der Waals surface area contributed by atoms with E-state index >= 15 is 0 Å². The highest BCUT2D eigenvalue weighted by Crippen LogP contribution is 2.14. The van der Waals surface area contributed by atoms with Gasteiger partial charge in [-0.1, -0.05) is 20.3 Å². The van der Waals surface area contributed by atoms with Crippen molar-refractivity contribution in [3.05, 3.63) is 35.4 Å². The number of rotatable bonds is 4. The van der Waals surface area contributed by atoms with E-state index in [2.05, 4.69) is 0 Å². The van der Waals surface area contributed by atoms with Gasteiger partial charge in [-0.05, 0) is 24.1 Å². The Labute approximate surface area is 88.1 Å². The summed E-state index contributed by atoms with van der Waals surface area (Å²) < 4.78 is 25.4. The fraction of sp³-hybridized carbons (Fsp3) is 0.417. The van der Waals surface area contributed by atoms with Crippen LogP contribution in [0.5, 0.6) is 0 Å². The molecule has 0 fully saturated rings. The lowest BCUT2D eigenvalue weighted by molar-refractivity contribution is 0.0963. The molecule has 0 aliphatic heterocycles. The quantitative estimate of drug-likeness (QED) is 0.697. The molecule has 1 aromatic rings. The SMILES string of the molecule is CCC(C)CC(=O)c1ccc(F)c(F)c1. The zero-order valence-corrected chi connectivity index (χ0v) is 8.89. The molecular formula is C12H14F2O. The van der Waals surface area contributed by atoms with Gasteiger partial charge in [0.05, 0.1) is 0 Å². The minimum atomic E-state index is -0.968. The normalized spacial score (nSPS) is 12.5. The van der Waals surface area contributed by atoms with E-state index in [4.69, 9.17) is 0 Å². The van der Waals surface area contributed by atoms with Gasteiger partial charge in [-0.25, -0.2) is 8.78 Å². The van der Waals surface area contributed by atoms with Crippen LogP contribution < -0.4 is 0 Å². The van der Waals surface area contributed by atoms with Crippen molar-refractivity contribution < 1.29 is 13.6 Å². The smallest absolute Gasteiger partial charge is 0.163 e. The molecule has 15 heavy (non-hydrogen) atoms. The Bertz CT molecular complexity index is 361. The first kappa shape index (κ1) is 11.8. The van der Waals surface area contributed by atoms with Gasteiger partial charge in [-0.2, -0.15) is 0 Å². The van der Waals surface area contributed by atoms with E-state index in [1.807, 2.05) is 13.8 Å². The van der Waals surface area contributed by atoms with Crippen LogP contribution in [0.3, 0.4) is 0 Å². The molecular weight excluding hydrogens is 198 g/mol. The van der Waals surface area contributed by atoms with E-state index in [0.717, 1.165) is 18.6 Å². The van der Waals surface area contributed by atoms with Crippen molar-refractivity contribution in [3.8, 4) is 0 Å². The Balaban J connectivity index is 2.78. The highest BCUT2D eigenvalue weighted by atomic mass is 19.2. The van der Waals surface area contributed by atoms with Gasteiger partial charge < -0.3 is 0 Å². The molecule has 0 amide bonds. The van der Waals surface area contributed by atoms with E-state index < -0.39 is 11.6 Å². The standard InChI is InChI=1S/C12H14F2O/c1-3-8(2)6-12(15)9-4-5-10(13)11(14)7-9/h4-5,7-8H,3,6H2,1-2H3. The lowest BCUT2D eigenvalue weighted by Gasteiger charge is -2.07. The highest BCUT2D eigenvalue weighted by molar-refractivity contribution is 5.96. The molecule has 0 aliphatic rings. The number of hydrogen-bond donors (Lipinski definition) is 0. The van der Waals surface area contributed by atoms with E-state index in [1.165, 1.54) is 6.07 Å². The molecule has 3 heteroatoms. The van der Waals surface area contributed by atoms with Crippen LogP contribution in [-0.2, 0) is 0 Å². The predicted octanol–water partition coefficient (Wildman–Crippen LogP) is 3.58.